The third kappa shape index (κ3) is 5.34. The van der Waals surface area contributed by atoms with Gasteiger partial charge in [0.1, 0.15) is 5.69 Å². The van der Waals surface area contributed by atoms with E-state index in [-0.39, 0.29) is 11.7 Å². The monoisotopic (exact) mass is 457 g/mol. The number of H-pyrrole nitrogens is 1. The Kier molecular flexibility index (Phi) is 8.42. The van der Waals surface area contributed by atoms with Gasteiger partial charge in [-0.2, -0.15) is 0 Å². The summed E-state index contributed by atoms with van der Waals surface area (Å²) in [4.78, 5) is 28.9. The second kappa shape index (κ2) is 11.3. The first-order valence-electron chi connectivity index (χ1n) is 11.7. The van der Waals surface area contributed by atoms with Crippen LogP contribution in [0.3, 0.4) is 0 Å². The Balaban J connectivity index is 1.77. The number of hydrogen-bond donors (Lipinski definition) is 1. The zero-order chi connectivity index (χ0) is 24.0. The van der Waals surface area contributed by atoms with E-state index in [4.69, 9.17) is 18.9 Å². The lowest BCUT2D eigenvalue weighted by atomic mass is 9.81. The van der Waals surface area contributed by atoms with Crippen LogP contribution in [0.25, 0.3) is 0 Å². The van der Waals surface area contributed by atoms with Crippen LogP contribution in [-0.2, 0) is 11.2 Å². The summed E-state index contributed by atoms with van der Waals surface area (Å²) in [6.45, 7) is 4.38. The van der Waals surface area contributed by atoms with Gasteiger partial charge in [-0.15, -0.1) is 0 Å². The van der Waals surface area contributed by atoms with Crippen molar-refractivity contribution in [1.82, 2.24) is 4.98 Å². The maximum Gasteiger partial charge on any atom is 0.355 e. The van der Waals surface area contributed by atoms with Crippen LogP contribution in [0.2, 0.25) is 0 Å². The van der Waals surface area contributed by atoms with Crippen LogP contribution in [0.1, 0.15) is 89.0 Å². The molecule has 0 aliphatic heterocycles. The Morgan fingerprint density at radius 1 is 1.00 bits per heavy atom. The molecule has 0 unspecified atom stereocenters. The molecular formula is C26H35NO6. The quantitative estimate of drug-likeness (QED) is 0.360. The second-order valence-electron chi connectivity index (χ2n) is 8.52. The molecule has 0 fully saturated rings. The van der Waals surface area contributed by atoms with Crippen LogP contribution in [0.5, 0.6) is 17.2 Å². The number of ketones is 1. The van der Waals surface area contributed by atoms with Gasteiger partial charge in [0.05, 0.1) is 27.9 Å². The molecule has 180 valence electrons. The molecule has 3 rings (SSSR count). The maximum atomic E-state index is 13.1. The fourth-order valence-electron chi connectivity index (χ4n) is 4.55. The molecule has 1 aromatic heterocycles. The zero-order valence-electron chi connectivity index (χ0n) is 20.3. The molecule has 0 bridgehead atoms. The van der Waals surface area contributed by atoms with E-state index in [0.29, 0.717) is 53.5 Å². The molecule has 1 aliphatic carbocycles. The number of aromatic amines is 1. The minimum atomic E-state index is -0.394. The Bertz CT molecular complexity index is 968. The molecule has 7 heteroatoms. The summed E-state index contributed by atoms with van der Waals surface area (Å²) in [5, 5.41) is 0. The summed E-state index contributed by atoms with van der Waals surface area (Å²) in [5.41, 5.74) is 3.37. The number of fused-ring (bicyclic) bond motifs is 1. The lowest BCUT2D eigenvalue weighted by molar-refractivity contribution is 0.0490. The first-order chi connectivity index (χ1) is 15.9. The zero-order valence-corrected chi connectivity index (χ0v) is 20.3. The predicted octanol–water partition coefficient (Wildman–Crippen LogP) is 5.39. The van der Waals surface area contributed by atoms with Crippen molar-refractivity contribution in [3.8, 4) is 17.2 Å². The first-order valence-corrected chi connectivity index (χ1v) is 11.7. The standard InChI is InChI=1S/C26H35NO6/c1-6-7-8-9-10-11-33-26(29)24-16(2)23-19(27-24)12-17(13-20(23)28)18-14-21(30-3)25(32-5)22(15-18)31-4/h14-15,17,27H,6-13H2,1-5H3/t17-/m0/s1. The summed E-state index contributed by atoms with van der Waals surface area (Å²) in [5.74, 6) is 1.17. The van der Waals surface area contributed by atoms with E-state index in [0.717, 1.165) is 30.5 Å². The maximum absolute atomic E-state index is 13.1. The van der Waals surface area contributed by atoms with E-state index in [9.17, 15) is 9.59 Å². The summed E-state index contributed by atoms with van der Waals surface area (Å²) in [6, 6.07) is 3.77. The third-order valence-corrected chi connectivity index (χ3v) is 6.33. The number of rotatable bonds is 11. The molecule has 0 saturated carbocycles. The van der Waals surface area contributed by atoms with Crippen molar-refractivity contribution in [3.63, 3.8) is 0 Å². The molecule has 1 aliphatic rings. The van der Waals surface area contributed by atoms with Crippen LogP contribution in [-0.4, -0.2) is 44.7 Å². The van der Waals surface area contributed by atoms with Gasteiger partial charge in [0, 0.05) is 17.7 Å². The summed E-state index contributed by atoms with van der Waals surface area (Å²) in [6.07, 6.45) is 6.38. The van der Waals surface area contributed by atoms with Gasteiger partial charge < -0.3 is 23.9 Å². The number of carbonyl (C=O) groups is 2. The summed E-state index contributed by atoms with van der Waals surface area (Å²) in [7, 11) is 4.70. The van der Waals surface area contributed by atoms with E-state index in [2.05, 4.69) is 11.9 Å². The molecule has 1 N–H and O–H groups in total. The van der Waals surface area contributed by atoms with Crippen molar-refractivity contribution in [1.29, 1.82) is 0 Å². The number of methoxy groups -OCH3 is 3. The van der Waals surface area contributed by atoms with Gasteiger partial charge in [0.25, 0.3) is 0 Å². The highest BCUT2D eigenvalue weighted by molar-refractivity contribution is 6.03. The minimum absolute atomic E-state index is 0.0161. The van der Waals surface area contributed by atoms with Crippen molar-refractivity contribution in [3.05, 3.63) is 40.2 Å². The molecule has 1 aromatic carbocycles. The number of esters is 1. The third-order valence-electron chi connectivity index (χ3n) is 6.33. The number of benzene rings is 1. The molecule has 1 heterocycles. The number of aromatic nitrogens is 1. The van der Waals surface area contributed by atoms with E-state index in [1.54, 1.807) is 21.3 Å². The number of unbranched alkanes of at least 4 members (excludes halogenated alkanes) is 4. The van der Waals surface area contributed by atoms with Crippen LogP contribution < -0.4 is 14.2 Å². The van der Waals surface area contributed by atoms with E-state index < -0.39 is 5.97 Å². The topological polar surface area (TPSA) is 86.9 Å². The summed E-state index contributed by atoms with van der Waals surface area (Å²) < 4.78 is 21.8. The smallest absolute Gasteiger partial charge is 0.355 e. The van der Waals surface area contributed by atoms with Gasteiger partial charge in [0.15, 0.2) is 17.3 Å². The number of hydrogen-bond acceptors (Lipinski definition) is 6. The molecular weight excluding hydrogens is 422 g/mol. The van der Waals surface area contributed by atoms with Gasteiger partial charge in [0.2, 0.25) is 5.75 Å². The van der Waals surface area contributed by atoms with E-state index in [1.807, 2.05) is 19.1 Å². The van der Waals surface area contributed by atoms with Crippen LogP contribution >= 0.6 is 0 Å². The van der Waals surface area contributed by atoms with Crippen molar-refractivity contribution >= 4 is 11.8 Å². The molecule has 0 spiro atoms. The van der Waals surface area contributed by atoms with Gasteiger partial charge in [-0.25, -0.2) is 4.79 Å². The average Bonchev–Trinajstić information content (AvgIpc) is 3.16. The number of ether oxygens (including phenoxy) is 4. The van der Waals surface area contributed by atoms with Crippen molar-refractivity contribution in [2.45, 2.75) is 64.7 Å². The van der Waals surface area contributed by atoms with Gasteiger partial charge in [-0.1, -0.05) is 32.6 Å². The van der Waals surface area contributed by atoms with Gasteiger partial charge in [-0.3, -0.25) is 4.79 Å². The second-order valence-corrected chi connectivity index (χ2v) is 8.52. The Hall–Kier alpha value is -2.96. The molecule has 0 saturated heterocycles. The molecule has 1 atom stereocenters. The molecule has 2 aromatic rings. The highest BCUT2D eigenvalue weighted by atomic mass is 16.5. The van der Waals surface area contributed by atoms with Crippen molar-refractivity contribution < 1.29 is 28.5 Å². The van der Waals surface area contributed by atoms with Crippen LogP contribution in [0.4, 0.5) is 0 Å². The lowest BCUT2D eigenvalue weighted by Crippen LogP contribution is -2.19. The van der Waals surface area contributed by atoms with Crippen molar-refractivity contribution in [2.75, 3.05) is 27.9 Å². The van der Waals surface area contributed by atoms with Gasteiger partial charge in [-0.05, 0) is 48.9 Å². The SMILES string of the molecule is CCCCCCCOC(=O)c1[nH]c2c(c1C)C(=O)C[C@@H](c1cc(OC)c(OC)c(OC)c1)C2. The Morgan fingerprint density at radius 2 is 1.67 bits per heavy atom. The Morgan fingerprint density at radius 3 is 2.27 bits per heavy atom. The highest BCUT2D eigenvalue weighted by Gasteiger charge is 2.33. The fourth-order valence-corrected chi connectivity index (χ4v) is 4.55. The minimum Gasteiger partial charge on any atom is -0.493 e. The average molecular weight is 458 g/mol. The number of nitrogens with one attached hydrogen (secondary N) is 1. The largest absolute Gasteiger partial charge is 0.493 e. The van der Waals surface area contributed by atoms with Crippen molar-refractivity contribution in [2.24, 2.45) is 0 Å². The highest BCUT2D eigenvalue weighted by Crippen LogP contribution is 2.43. The molecule has 7 nitrogen and oxygen atoms in total. The fraction of sp³-hybridized carbons (Fsp3) is 0.538. The number of carbonyl (C=O) groups excluding carboxylic acids is 2. The van der Waals surface area contributed by atoms with Crippen LogP contribution in [0.15, 0.2) is 12.1 Å². The predicted molar refractivity (Wildman–Crippen MR) is 126 cm³/mol. The molecule has 0 amide bonds. The summed E-state index contributed by atoms with van der Waals surface area (Å²) >= 11 is 0. The van der Waals surface area contributed by atoms with E-state index in [1.165, 1.54) is 12.8 Å². The Labute approximate surface area is 195 Å². The normalized spacial score (nSPS) is 15.2. The lowest BCUT2D eigenvalue weighted by Gasteiger charge is -2.24. The van der Waals surface area contributed by atoms with Crippen LogP contribution in [0, 0.1) is 6.92 Å². The molecule has 0 radical (unpaired) electrons. The molecule has 33 heavy (non-hydrogen) atoms. The van der Waals surface area contributed by atoms with Gasteiger partial charge >= 0.3 is 5.97 Å². The number of Topliss-reactive ketones (excluding diaryl/α,β-unsaturated/α-hetero) is 1. The first kappa shape index (κ1) is 24.7. The van der Waals surface area contributed by atoms with E-state index >= 15 is 0 Å².